The van der Waals surface area contributed by atoms with Crippen LogP contribution >= 0.6 is 0 Å². The minimum Gasteiger partial charge on any atom is -0.326 e. The number of nitrogens with zero attached hydrogens (tertiary/aromatic N) is 2. The number of aryl methyl sites for hydroxylation is 1. The van der Waals surface area contributed by atoms with Crippen molar-refractivity contribution in [2.24, 2.45) is 11.7 Å². The van der Waals surface area contributed by atoms with Crippen LogP contribution in [0.2, 0.25) is 0 Å². The maximum absolute atomic E-state index is 12.8. The number of nitrogens with two attached hydrogens (primary N) is 1. The second-order valence-corrected chi connectivity index (χ2v) is 7.60. The molecule has 1 aromatic rings. The molecule has 1 aromatic heterocycles. The van der Waals surface area contributed by atoms with E-state index in [-0.39, 0.29) is 17.6 Å². The number of nitrogens with one attached hydrogen (secondary N) is 1. The zero-order chi connectivity index (χ0) is 14.9. The molecule has 2 rings (SSSR count). The second kappa shape index (κ2) is 5.83. The lowest BCUT2D eigenvalue weighted by molar-refractivity contribution is 0.213. The van der Waals surface area contributed by atoms with Gasteiger partial charge < -0.3 is 5.73 Å². The highest BCUT2D eigenvalue weighted by molar-refractivity contribution is 7.89. The van der Waals surface area contributed by atoms with E-state index in [1.54, 1.807) is 14.0 Å². The van der Waals surface area contributed by atoms with E-state index in [2.05, 4.69) is 17.1 Å². The molecular formula is C13H24N4O2S. The Labute approximate surface area is 120 Å². The van der Waals surface area contributed by atoms with Crippen molar-refractivity contribution in [1.82, 2.24) is 14.5 Å². The van der Waals surface area contributed by atoms with E-state index in [0.29, 0.717) is 11.5 Å². The smallest absolute Gasteiger partial charge is 0.262 e. The van der Waals surface area contributed by atoms with Crippen molar-refractivity contribution in [3.63, 3.8) is 0 Å². The SMILES string of the molecule is Cc1[nH]nc(S(=O)(=O)N(C)C2CCCCC2C)c1CN. The molecule has 0 bridgehead atoms. The minimum atomic E-state index is -3.58. The molecule has 0 aliphatic heterocycles. The molecule has 20 heavy (non-hydrogen) atoms. The lowest BCUT2D eigenvalue weighted by Gasteiger charge is -2.35. The number of hydrogen-bond donors (Lipinski definition) is 2. The monoisotopic (exact) mass is 300 g/mol. The quantitative estimate of drug-likeness (QED) is 0.878. The summed E-state index contributed by atoms with van der Waals surface area (Å²) < 4.78 is 27.0. The van der Waals surface area contributed by atoms with Gasteiger partial charge in [0.1, 0.15) is 0 Å². The van der Waals surface area contributed by atoms with Gasteiger partial charge in [0.05, 0.1) is 0 Å². The molecule has 7 heteroatoms. The predicted octanol–water partition coefficient (Wildman–Crippen LogP) is 1.38. The summed E-state index contributed by atoms with van der Waals surface area (Å²) in [5.41, 5.74) is 6.96. The molecular weight excluding hydrogens is 276 g/mol. The van der Waals surface area contributed by atoms with Gasteiger partial charge in [-0.1, -0.05) is 19.8 Å². The van der Waals surface area contributed by atoms with Gasteiger partial charge in [-0.15, -0.1) is 0 Å². The fraction of sp³-hybridized carbons (Fsp3) is 0.769. The molecule has 1 fully saturated rings. The number of hydrogen-bond acceptors (Lipinski definition) is 4. The first kappa shape index (κ1) is 15.5. The van der Waals surface area contributed by atoms with Crippen LogP contribution in [0.15, 0.2) is 5.03 Å². The van der Waals surface area contributed by atoms with Gasteiger partial charge in [-0.25, -0.2) is 8.42 Å². The van der Waals surface area contributed by atoms with Gasteiger partial charge >= 0.3 is 0 Å². The first-order chi connectivity index (χ1) is 9.39. The van der Waals surface area contributed by atoms with Gasteiger partial charge in [-0.05, 0) is 25.7 Å². The first-order valence-electron chi connectivity index (χ1n) is 7.11. The summed E-state index contributed by atoms with van der Waals surface area (Å²) in [4.78, 5) is 0. The standard InChI is InChI=1S/C13H24N4O2S/c1-9-6-4-5-7-12(9)17(3)20(18,19)13-11(8-14)10(2)15-16-13/h9,12H,4-8,14H2,1-3H3,(H,15,16). The van der Waals surface area contributed by atoms with Gasteiger partial charge in [-0.2, -0.15) is 9.40 Å². The van der Waals surface area contributed by atoms with E-state index < -0.39 is 10.0 Å². The largest absolute Gasteiger partial charge is 0.326 e. The van der Waals surface area contributed by atoms with Gasteiger partial charge in [0.2, 0.25) is 0 Å². The third-order valence-corrected chi connectivity index (χ3v) is 6.25. The molecule has 3 N–H and O–H groups in total. The summed E-state index contributed by atoms with van der Waals surface area (Å²) >= 11 is 0. The lowest BCUT2D eigenvalue weighted by Crippen LogP contribution is -2.43. The fourth-order valence-electron chi connectivity index (χ4n) is 3.04. The van der Waals surface area contributed by atoms with Crippen molar-refractivity contribution < 1.29 is 8.42 Å². The number of aromatic amines is 1. The van der Waals surface area contributed by atoms with Crippen molar-refractivity contribution in [3.8, 4) is 0 Å². The van der Waals surface area contributed by atoms with Crippen molar-refractivity contribution in [3.05, 3.63) is 11.3 Å². The van der Waals surface area contributed by atoms with Crippen LogP contribution in [0.3, 0.4) is 0 Å². The summed E-state index contributed by atoms with van der Waals surface area (Å²) in [5, 5.41) is 6.77. The molecule has 0 radical (unpaired) electrons. The Kier molecular flexibility index (Phi) is 4.51. The Bertz CT molecular complexity index is 567. The van der Waals surface area contributed by atoms with E-state index in [0.717, 1.165) is 25.0 Å². The van der Waals surface area contributed by atoms with Crippen LogP contribution in [-0.4, -0.2) is 36.0 Å². The summed E-state index contributed by atoms with van der Waals surface area (Å²) in [7, 11) is -1.92. The van der Waals surface area contributed by atoms with E-state index >= 15 is 0 Å². The Hall–Kier alpha value is -0.920. The molecule has 2 atom stereocenters. The third-order valence-electron chi connectivity index (χ3n) is 4.40. The van der Waals surface area contributed by atoms with E-state index in [1.165, 1.54) is 10.7 Å². The van der Waals surface area contributed by atoms with Crippen molar-refractivity contribution in [2.75, 3.05) is 7.05 Å². The predicted molar refractivity (Wildman–Crippen MR) is 77.6 cm³/mol. The molecule has 1 heterocycles. The Morgan fingerprint density at radius 2 is 2.05 bits per heavy atom. The highest BCUT2D eigenvalue weighted by Crippen LogP contribution is 2.31. The number of aromatic nitrogens is 2. The summed E-state index contributed by atoms with van der Waals surface area (Å²) in [6.45, 7) is 4.08. The normalized spacial score (nSPS) is 24.2. The Morgan fingerprint density at radius 3 is 2.65 bits per heavy atom. The number of rotatable bonds is 4. The van der Waals surface area contributed by atoms with Crippen molar-refractivity contribution >= 4 is 10.0 Å². The molecule has 114 valence electrons. The number of H-pyrrole nitrogens is 1. The average molecular weight is 300 g/mol. The van der Waals surface area contributed by atoms with Crippen LogP contribution in [0.1, 0.15) is 43.9 Å². The van der Waals surface area contributed by atoms with Crippen LogP contribution in [0, 0.1) is 12.8 Å². The van der Waals surface area contributed by atoms with E-state index in [9.17, 15) is 8.42 Å². The molecule has 0 saturated heterocycles. The highest BCUT2D eigenvalue weighted by atomic mass is 32.2. The lowest BCUT2D eigenvalue weighted by atomic mass is 9.86. The van der Waals surface area contributed by atoms with Crippen LogP contribution < -0.4 is 5.73 Å². The van der Waals surface area contributed by atoms with Crippen molar-refractivity contribution in [1.29, 1.82) is 0 Å². The molecule has 0 spiro atoms. The first-order valence-corrected chi connectivity index (χ1v) is 8.55. The average Bonchev–Trinajstić information content (AvgIpc) is 2.80. The number of sulfonamides is 1. The minimum absolute atomic E-state index is 0.0522. The zero-order valence-electron chi connectivity index (χ0n) is 12.4. The molecule has 0 amide bonds. The molecule has 6 nitrogen and oxygen atoms in total. The van der Waals surface area contributed by atoms with Crippen LogP contribution in [0.5, 0.6) is 0 Å². The van der Waals surface area contributed by atoms with Gasteiger partial charge in [-0.3, -0.25) is 5.10 Å². The van der Waals surface area contributed by atoms with Gasteiger partial charge in [0.25, 0.3) is 10.0 Å². The Balaban J connectivity index is 2.33. The van der Waals surface area contributed by atoms with E-state index in [1.807, 2.05) is 0 Å². The Morgan fingerprint density at radius 1 is 1.40 bits per heavy atom. The van der Waals surface area contributed by atoms with E-state index in [4.69, 9.17) is 5.73 Å². The second-order valence-electron chi connectivity index (χ2n) is 5.69. The molecule has 1 aliphatic rings. The third kappa shape index (κ3) is 2.62. The van der Waals surface area contributed by atoms with Crippen molar-refractivity contribution in [2.45, 2.75) is 57.1 Å². The van der Waals surface area contributed by atoms with Gasteiger partial charge in [0.15, 0.2) is 5.03 Å². The topological polar surface area (TPSA) is 92.1 Å². The van der Waals surface area contributed by atoms with Crippen LogP contribution in [-0.2, 0) is 16.6 Å². The molecule has 2 unspecified atom stereocenters. The van der Waals surface area contributed by atoms with Gasteiger partial charge in [0, 0.05) is 30.9 Å². The summed E-state index contributed by atoms with van der Waals surface area (Å²) in [6.07, 6.45) is 4.26. The summed E-state index contributed by atoms with van der Waals surface area (Å²) in [6, 6.07) is 0.0522. The maximum atomic E-state index is 12.8. The summed E-state index contributed by atoms with van der Waals surface area (Å²) in [5.74, 6) is 0.380. The zero-order valence-corrected chi connectivity index (χ0v) is 13.2. The molecule has 1 aliphatic carbocycles. The van der Waals surface area contributed by atoms with Crippen LogP contribution in [0.25, 0.3) is 0 Å². The molecule has 1 saturated carbocycles. The van der Waals surface area contributed by atoms with Crippen LogP contribution in [0.4, 0.5) is 0 Å². The highest BCUT2D eigenvalue weighted by Gasteiger charge is 2.35. The molecule has 0 aromatic carbocycles. The maximum Gasteiger partial charge on any atom is 0.262 e. The fourth-order valence-corrected chi connectivity index (χ4v) is 4.69.